The summed E-state index contributed by atoms with van der Waals surface area (Å²) in [6.07, 6.45) is 14.4. The number of anilines is 1. The highest BCUT2D eigenvalue weighted by Crippen LogP contribution is 2.51. The van der Waals surface area contributed by atoms with Crippen molar-refractivity contribution in [2.45, 2.75) is 166 Å². The molecule has 1 unspecified atom stereocenters. The summed E-state index contributed by atoms with van der Waals surface area (Å²) in [5, 5.41) is 6.45. The van der Waals surface area contributed by atoms with Crippen molar-refractivity contribution in [2.24, 2.45) is 5.11 Å². The molecule has 18 nitrogen and oxygen atoms in total. The van der Waals surface area contributed by atoms with Gasteiger partial charge in [0.15, 0.2) is 0 Å². The number of nitrogens with one attached hydrogen (secondary N) is 2. The van der Waals surface area contributed by atoms with Crippen LogP contribution in [-0.4, -0.2) is 58.6 Å². The quantitative estimate of drug-likeness (QED) is 0.0353. The number of carbonyl (C=O) groups is 1. The Morgan fingerprint density at radius 3 is 2.26 bits per heavy atom. The molecule has 2 aromatic heterocycles. The molecule has 0 aromatic carbocycles. The van der Waals surface area contributed by atoms with Gasteiger partial charge in [-0.2, -0.15) is 4.98 Å². The first kappa shape index (κ1) is 43.1. The number of H-pyrrole nitrogens is 1. The third-order valence-electron chi connectivity index (χ3n) is 10.2. The molecule has 2 aromatic rings. The van der Waals surface area contributed by atoms with Crippen molar-refractivity contribution in [1.82, 2.24) is 19.1 Å². The first-order chi connectivity index (χ1) is 25.8. The standard InChI is InChI=1S/C35H55N8O10P/c1-4-5-6-7-8-9-10-11-12-13-14-15-16-17-28(44)37-27-20-21-42(33(46)38-27)29-19-18-26(51-29)35(3,53-54(48,49)50)31-25(40-41-36)22-30(52-31)43-23-24(2)32(45)39-34(43)47/h20-21,23,25-26,29-31H,4-19,22H2,1-3H3,(H,39,45,47)(H2,48,49,50)(H,37,38,44,46)/t25-,26-,29+,30+,31-,35?/m0/s1. The van der Waals surface area contributed by atoms with E-state index in [1.165, 1.54) is 94.7 Å². The van der Waals surface area contributed by atoms with Crippen molar-refractivity contribution in [3.05, 3.63) is 65.8 Å². The minimum atomic E-state index is -5.23. The summed E-state index contributed by atoms with van der Waals surface area (Å²) in [7, 11) is -5.23. The topological polar surface area (TPSA) is 253 Å². The van der Waals surface area contributed by atoms with Gasteiger partial charge in [-0.1, -0.05) is 89.1 Å². The number of aryl methyl sites for hydroxylation is 1. The Labute approximate surface area is 313 Å². The highest BCUT2D eigenvalue weighted by molar-refractivity contribution is 7.46. The van der Waals surface area contributed by atoms with Gasteiger partial charge in [-0.3, -0.25) is 28.2 Å². The van der Waals surface area contributed by atoms with Crippen LogP contribution in [0, 0.1) is 6.92 Å². The predicted molar refractivity (Wildman–Crippen MR) is 200 cm³/mol. The number of aromatic amines is 1. The Kier molecular flexibility index (Phi) is 16.2. The highest BCUT2D eigenvalue weighted by Gasteiger charge is 2.57. The molecule has 0 bridgehead atoms. The molecule has 0 spiro atoms. The minimum absolute atomic E-state index is 0.0910. The molecule has 4 rings (SSSR count). The smallest absolute Gasteiger partial charge is 0.352 e. The van der Waals surface area contributed by atoms with Gasteiger partial charge < -0.3 is 24.6 Å². The van der Waals surface area contributed by atoms with E-state index < -0.39 is 61.1 Å². The van der Waals surface area contributed by atoms with Gasteiger partial charge in [0.1, 0.15) is 30.0 Å². The fraction of sp³-hybridized carbons (Fsp3) is 0.743. The molecule has 2 fully saturated rings. The van der Waals surface area contributed by atoms with Gasteiger partial charge >= 0.3 is 19.2 Å². The summed E-state index contributed by atoms with van der Waals surface area (Å²) in [5.41, 5.74) is 5.46. The molecule has 6 atom stereocenters. The molecule has 4 N–H and O–H groups in total. The first-order valence-electron chi connectivity index (χ1n) is 19.1. The summed E-state index contributed by atoms with van der Waals surface area (Å²) in [6.45, 7) is 5.05. The third kappa shape index (κ3) is 12.2. The van der Waals surface area contributed by atoms with Crippen LogP contribution in [-0.2, 0) is 23.4 Å². The average Bonchev–Trinajstić information content (AvgIpc) is 3.77. The number of hydrogen-bond donors (Lipinski definition) is 4. The number of nitrogens with zero attached hydrogens (tertiary/aromatic N) is 6. The zero-order chi connectivity index (χ0) is 39.3. The predicted octanol–water partition coefficient (Wildman–Crippen LogP) is 6.03. The Morgan fingerprint density at radius 2 is 1.67 bits per heavy atom. The van der Waals surface area contributed by atoms with Crippen LogP contribution in [0.1, 0.15) is 141 Å². The molecule has 1 amide bonds. The molecule has 4 heterocycles. The molecule has 0 aliphatic carbocycles. The Balaban J connectivity index is 1.32. The maximum atomic E-state index is 13.1. The number of amides is 1. The lowest BCUT2D eigenvalue weighted by Crippen LogP contribution is -2.54. The van der Waals surface area contributed by atoms with Gasteiger partial charge in [0.2, 0.25) is 5.91 Å². The lowest BCUT2D eigenvalue weighted by molar-refractivity contribution is -0.174. The largest absolute Gasteiger partial charge is 0.470 e. The second-order valence-electron chi connectivity index (χ2n) is 14.5. The first-order valence-corrected chi connectivity index (χ1v) is 20.6. The maximum Gasteiger partial charge on any atom is 0.470 e. The van der Waals surface area contributed by atoms with Crippen molar-refractivity contribution in [2.75, 3.05) is 5.32 Å². The second-order valence-corrected chi connectivity index (χ2v) is 15.6. The van der Waals surface area contributed by atoms with Gasteiger partial charge in [0, 0.05) is 35.7 Å². The average molecular weight is 779 g/mol. The molecule has 2 aliphatic rings. The van der Waals surface area contributed by atoms with Crippen LogP contribution in [0.15, 0.2) is 38.0 Å². The minimum Gasteiger partial charge on any atom is -0.352 e. The van der Waals surface area contributed by atoms with Crippen LogP contribution < -0.4 is 22.3 Å². The molecule has 2 saturated heterocycles. The Morgan fingerprint density at radius 1 is 1.04 bits per heavy atom. The van der Waals surface area contributed by atoms with Crippen molar-refractivity contribution in [3.63, 3.8) is 0 Å². The van der Waals surface area contributed by atoms with Gasteiger partial charge in [-0.05, 0) is 44.7 Å². The van der Waals surface area contributed by atoms with E-state index in [0.717, 1.165) is 30.3 Å². The van der Waals surface area contributed by atoms with Crippen molar-refractivity contribution in [3.8, 4) is 0 Å². The third-order valence-corrected chi connectivity index (χ3v) is 10.8. The van der Waals surface area contributed by atoms with E-state index in [1.807, 2.05) is 0 Å². The molecular weight excluding hydrogens is 723 g/mol. The van der Waals surface area contributed by atoms with E-state index in [0.29, 0.717) is 6.42 Å². The Bertz CT molecular complexity index is 1820. The summed E-state index contributed by atoms with van der Waals surface area (Å²) in [5.74, 6) is -0.149. The van der Waals surface area contributed by atoms with Crippen molar-refractivity contribution >= 4 is 19.5 Å². The van der Waals surface area contributed by atoms with E-state index in [-0.39, 0.29) is 36.6 Å². The van der Waals surface area contributed by atoms with E-state index in [2.05, 4.69) is 32.2 Å². The van der Waals surface area contributed by atoms with E-state index in [1.54, 1.807) is 0 Å². The number of unbranched alkanes of at least 4 members (excludes halogenated alkanes) is 12. The number of rotatable bonds is 22. The number of carbonyl (C=O) groups excluding carboxylic acids is 1. The van der Waals surface area contributed by atoms with Crippen molar-refractivity contribution < 1.29 is 33.1 Å². The van der Waals surface area contributed by atoms with Gasteiger partial charge in [-0.15, -0.1) is 0 Å². The fourth-order valence-electron chi connectivity index (χ4n) is 7.32. The molecule has 19 heteroatoms. The van der Waals surface area contributed by atoms with Crippen LogP contribution in [0.4, 0.5) is 5.82 Å². The molecular formula is C35H55N8O10P. The van der Waals surface area contributed by atoms with Crippen LogP contribution in [0.5, 0.6) is 0 Å². The van der Waals surface area contributed by atoms with Gasteiger partial charge in [-0.25, -0.2) is 14.2 Å². The highest BCUT2D eigenvalue weighted by atomic mass is 31.2. The van der Waals surface area contributed by atoms with Crippen LogP contribution in [0.3, 0.4) is 0 Å². The number of azide groups is 1. The maximum absolute atomic E-state index is 13.1. The summed E-state index contributed by atoms with van der Waals surface area (Å²) in [6, 6.07) is 0.391. The van der Waals surface area contributed by atoms with Gasteiger partial charge in [0.05, 0.1) is 12.1 Å². The van der Waals surface area contributed by atoms with E-state index in [4.69, 9.17) is 14.0 Å². The second kappa shape index (κ2) is 20.3. The number of phosphoric ester groups is 1. The van der Waals surface area contributed by atoms with E-state index in [9.17, 15) is 39.1 Å². The Hall–Kier alpha value is -3.63. The summed E-state index contributed by atoms with van der Waals surface area (Å²) < 4.78 is 32.2. The van der Waals surface area contributed by atoms with Crippen molar-refractivity contribution in [1.29, 1.82) is 0 Å². The normalized spacial score (nSPS) is 22.5. The molecule has 54 heavy (non-hydrogen) atoms. The summed E-state index contributed by atoms with van der Waals surface area (Å²) in [4.78, 5) is 79.1. The van der Waals surface area contributed by atoms with Crippen LogP contribution in [0.25, 0.3) is 10.4 Å². The SMILES string of the molecule is CCCCCCCCCCCCCCCC(=O)Nc1ccn([C@H]2CC[C@@H](C(C)(OP(=O)(O)O)[C@H]3O[C@@H](n4cc(C)c(=O)[nH]c4=O)C[C@@H]3N=[N+]=[N-])O2)c(=O)n1. The van der Waals surface area contributed by atoms with Crippen LogP contribution in [0.2, 0.25) is 0 Å². The lowest BCUT2D eigenvalue weighted by Gasteiger charge is -2.40. The molecule has 0 saturated carbocycles. The number of ether oxygens (including phenoxy) is 2. The number of phosphoric acid groups is 1. The monoisotopic (exact) mass is 778 g/mol. The number of hydrogen-bond acceptors (Lipinski definition) is 10. The zero-order valence-electron chi connectivity index (χ0n) is 31.4. The van der Waals surface area contributed by atoms with Gasteiger partial charge in [0.25, 0.3) is 5.56 Å². The molecule has 300 valence electrons. The molecule has 2 aliphatic heterocycles. The lowest BCUT2D eigenvalue weighted by atomic mass is 9.86. The summed E-state index contributed by atoms with van der Waals surface area (Å²) >= 11 is 0. The van der Waals surface area contributed by atoms with E-state index >= 15 is 0 Å². The van der Waals surface area contributed by atoms with Crippen LogP contribution >= 0.6 is 7.82 Å². The molecule has 0 radical (unpaired) electrons. The zero-order valence-corrected chi connectivity index (χ0v) is 32.3. The fourth-order valence-corrected chi connectivity index (χ4v) is 8.06. The number of aromatic nitrogens is 4.